The molecule has 15 heavy (non-hydrogen) atoms. The molecule has 1 aromatic rings. The van der Waals surface area contributed by atoms with Gasteiger partial charge in [0.1, 0.15) is 0 Å². The molecule has 1 heterocycles. The van der Waals surface area contributed by atoms with E-state index in [4.69, 9.17) is 0 Å². The highest BCUT2D eigenvalue weighted by molar-refractivity contribution is 9.10. The van der Waals surface area contributed by atoms with Crippen LogP contribution in [0.3, 0.4) is 0 Å². The summed E-state index contributed by atoms with van der Waals surface area (Å²) < 4.78 is 1.06. The summed E-state index contributed by atoms with van der Waals surface area (Å²) in [6.07, 6.45) is 0.935. The number of amides is 1. The molecule has 1 aliphatic rings. The van der Waals surface area contributed by atoms with E-state index in [9.17, 15) is 4.79 Å². The Bertz CT molecular complexity index is 356. The number of hydrogen-bond donors (Lipinski definition) is 1. The first-order chi connectivity index (χ1) is 7.33. The molecular weight excluding hydrogens is 256 g/mol. The average Bonchev–Trinajstić information content (AvgIpc) is 2.30. The standard InChI is InChI=1S/C11H13BrN2O/c12-10-4-2-1-3-9(10)11-7-13-5-6-14(11)8-15/h1-4,8,11,13H,5-7H2/t11-/m0/s1. The summed E-state index contributed by atoms with van der Waals surface area (Å²) in [4.78, 5) is 12.8. The normalized spacial score (nSPS) is 21.4. The maximum absolute atomic E-state index is 10.9. The van der Waals surface area contributed by atoms with Crippen LogP contribution < -0.4 is 5.32 Å². The second-order valence-corrected chi connectivity index (χ2v) is 4.44. The van der Waals surface area contributed by atoms with Gasteiger partial charge < -0.3 is 10.2 Å². The highest BCUT2D eigenvalue weighted by atomic mass is 79.9. The number of carbonyl (C=O) groups excluding carboxylic acids is 1. The zero-order chi connectivity index (χ0) is 10.7. The van der Waals surface area contributed by atoms with Crippen molar-refractivity contribution in [3.8, 4) is 0 Å². The van der Waals surface area contributed by atoms with Gasteiger partial charge >= 0.3 is 0 Å². The molecule has 0 unspecified atom stereocenters. The molecule has 0 spiro atoms. The Morgan fingerprint density at radius 2 is 2.27 bits per heavy atom. The lowest BCUT2D eigenvalue weighted by Crippen LogP contribution is -2.45. The van der Waals surface area contributed by atoms with Gasteiger partial charge in [-0.05, 0) is 11.6 Å². The molecule has 1 amide bonds. The van der Waals surface area contributed by atoms with E-state index in [1.165, 1.54) is 0 Å². The van der Waals surface area contributed by atoms with Gasteiger partial charge in [-0.1, -0.05) is 34.1 Å². The van der Waals surface area contributed by atoms with Gasteiger partial charge in [0, 0.05) is 24.1 Å². The van der Waals surface area contributed by atoms with Gasteiger partial charge in [-0.25, -0.2) is 0 Å². The summed E-state index contributed by atoms with van der Waals surface area (Å²) in [7, 11) is 0. The van der Waals surface area contributed by atoms with Crippen molar-refractivity contribution in [3.05, 3.63) is 34.3 Å². The number of carbonyl (C=O) groups is 1. The Morgan fingerprint density at radius 3 is 3.00 bits per heavy atom. The van der Waals surface area contributed by atoms with E-state index in [1.54, 1.807) is 0 Å². The molecule has 1 fully saturated rings. The smallest absolute Gasteiger partial charge is 0.210 e. The van der Waals surface area contributed by atoms with Gasteiger partial charge in [0.15, 0.2) is 0 Å². The van der Waals surface area contributed by atoms with Crippen molar-refractivity contribution >= 4 is 22.3 Å². The molecule has 0 bridgehead atoms. The molecule has 0 radical (unpaired) electrons. The van der Waals surface area contributed by atoms with E-state index in [0.717, 1.165) is 36.1 Å². The van der Waals surface area contributed by atoms with Crippen molar-refractivity contribution < 1.29 is 4.79 Å². The fourth-order valence-corrected chi connectivity index (χ4v) is 2.43. The summed E-state index contributed by atoms with van der Waals surface area (Å²) in [5, 5.41) is 3.30. The molecular formula is C11H13BrN2O. The molecule has 1 atom stereocenters. The Kier molecular flexibility index (Phi) is 3.38. The van der Waals surface area contributed by atoms with Crippen molar-refractivity contribution in [2.45, 2.75) is 6.04 Å². The third-order valence-electron chi connectivity index (χ3n) is 2.68. The quantitative estimate of drug-likeness (QED) is 0.826. The Balaban J connectivity index is 2.28. The van der Waals surface area contributed by atoms with Crippen LogP contribution in [0.15, 0.2) is 28.7 Å². The first-order valence-electron chi connectivity index (χ1n) is 4.99. The van der Waals surface area contributed by atoms with Crippen LogP contribution >= 0.6 is 15.9 Å². The number of benzene rings is 1. The largest absolute Gasteiger partial charge is 0.336 e. The maximum Gasteiger partial charge on any atom is 0.210 e. The fraction of sp³-hybridized carbons (Fsp3) is 0.364. The van der Waals surface area contributed by atoms with Crippen LogP contribution in [-0.4, -0.2) is 30.9 Å². The lowest BCUT2D eigenvalue weighted by molar-refractivity contribution is -0.121. The van der Waals surface area contributed by atoms with E-state index in [2.05, 4.69) is 27.3 Å². The highest BCUT2D eigenvalue weighted by Gasteiger charge is 2.23. The Labute approximate surface area is 97.6 Å². The molecule has 3 nitrogen and oxygen atoms in total. The number of piperazine rings is 1. The van der Waals surface area contributed by atoms with E-state index >= 15 is 0 Å². The summed E-state index contributed by atoms with van der Waals surface area (Å²) in [6.45, 7) is 2.47. The van der Waals surface area contributed by atoms with E-state index < -0.39 is 0 Å². The molecule has 0 saturated carbocycles. The fourth-order valence-electron chi connectivity index (χ4n) is 1.88. The van der Waals surface area contributed by atoms with Crippen molar-refractivity contribution in [2.75, 3.05) is 19.6 Å². The van der Waals surface area contributed by atoms with E-state index in [-0.39, 0.29) is 6.04 Å². The van der Waals surface area contributed by atoms with Gasteiger partial charge in [0.2, 0.25) is 6.41 Å². The molecule has 4 heteroatoms. The summed E-state index contributed by atoms with van der Waals surface area (Å²) in [5.74, 6) is 0. The number of nitrogens with one attached hydrogen (secondary N) is 1. The van der Waals surface area contributed by atoms with E-state index in [0.29, 0.717) is 0 Å². The first kappa shape index (κ1) is 10.6. The molecule has 1 aliphatic heterocycles. The molecule has 0 aliphatic carbocycles. The van der Waals surface area contributed by atoms with Crippen LogP contribution in [0, 0.1) is 0 Å². The zero-order valence-electron chi connectivity index (χ0n) is 8.32. The highest BCUT2D eigenvalue weighted by Crippen LogP contribution is 2.27. The minimum absolute atomic E-state index is 0.145. The molecule has 1 N–H and O–H groups in total. The van der Waals surface area contributed by atoms with Gasteiger partial charge in [-0.3, -0.25) is 4.79 Å². The first-order valence-corrected chi connectivity index (χ1v) is 5.78. The monoisotopic (exact) mass is 268 g/mol. The molecule has 1 aromatic carbocycles. The lowest BCUT2D eigenvalue weighted by Gasteiger charge is -2.34. The van der Waals surface area contributed by atoms with Crippen LogP contribution in [0.4, 0.5) is 0 Å². The summed E-state index contributed by atoms with van der Waals surface area (Å²) in [6, 6.07) is 8.18. The number of nitrogens with zero attached hydrogens (tertiary/aromatic N) is 1. The molecule has 1 saturated heterocycles. The minimum Gasteiger partial charge on any atom is -0.336 e. The molecule has 80 valence electrons. The van der Waals surface area contributed by atoms with Gasteiger partial charge in [0.25, 0.3) is 0 Å². The average molecular weight is 269 g/mol. The second-order valence-electron chi connectivity index (χ2n) is 3.58. The van der Waals surface area contributed by atoms with Crippen molar-refractivity contribution in [1.82, 2.24) is 10.2 Å². The van der Waals surface area contributed by atoms with Crippen molar-refractivity contribution in [1.29, 1.82) is 0 Å². The van der Waals surface area contributed by atoms with Crippen LogP contribution in [0.2, 0.25) is 0 Å². The van der Waals surface area contributed by atoms with Crippen molar-refractivity contribution in [3.63, 3.8) is 0 Å². The third kappa shape index (κ3) is 2.21. The number of rotatable bonds is 2. The summed E-state index contributed by atoms with van der Waals surface area (Å²) >= 11 is 3.52. The number of hydrogen-bond acceptors (Lipinski definition) is 2. The van der Waals surface area contributed by atoms with Crippen LogP contribution in [0.5, 0.6) is 0 Å². The van der Waals surface area contributed by atoms with Crippen molar-refractivity contribution in [2.24, 2.45) is 0 Å². The lowest BCUT2D eigenvalue weighted by atomic mass is 10.0. The SMILES string of the molecule is O=CN1CCNC[C@H]1c1ccccc1Br. The van der Waals surface area contributed by atoms with Gasteiger partial charge in [-0.15, -0.1) is 0 Å². The predicted octanol–water partition coefficient (Wildman–Crippen LogP) is 1.55. The minimum atomic E-state index is 0.145. The van der Waals surface area contributed by atoms with Crippen LogP contribution in [0.1, 0.15) is 11.6 Å². The van der Waals surface area contributed by atoms with Crippen LogP contribution in [-0.2, 0) is 4.79 Å². The number of halogens is 1. The summed E-state index contributed by atoms with van der Waals surface area (Å²) in [5.41, 5.74) is 1.16. The molecule has 0 aromatic heterocycles. The maximum atomic E-state index is 10.9. The Hall–Kier alpha value is -0.870. The molecule has 2 rings (SSSR count). The van der Waals surface area contributed by atoms with Gasteiger partial charge in [-0.2, -0.15) is 0 Å². The topological polar surface area (TPSA) is 32.3 Å². The van der Waals surface area contributed by atoms with Crippen LogP contribution in [0.25, 0.3) is 0 Å². The zero-order valence-corrected chi connectivity index (χ0v) is 9.90. The third-order valence-corrected chi connectivity index (χ3v) is 3.41. The second kappa shape index (κ2) is 4.77. The van der Waals surface area contributed by atoms with Gasteiger partial charge in [0.05, 0.1) is 6.04 Å². The van der Waals surface area contributed by atoms with E-state index in [1.807, 2.05) is 23.1 Å². The Morgan fingerprint density at radius 1 is 1.47 bits per heavy atom. The predicted molar refractivity (Wildman–Crippen MR) is 62.5 cm³/mol.